The van der Waals surface area contributed by atoms with Crippen LogP contribution in [-0.4, -0.2) is 48.4 Å². The molecule has 18 heavy (non-hydrogen) atoms. The number of nitriles is 1. The van der Waals surface area contributed by atoms with Crippen LogP contribution in [0.5, 0.6) is 0 Å². The number of hydrogen-bond acceptors (Lipinski definition) is 3. The van der Waals surface area contributed by atoms with Crippen LogP contribution in [0.2, 0.25) is 5.02 Å². The molecule has 0 bridgehead atoms. The number of hydrogen-bond donors (Lipinski definition) is 0. The largest absolute Gasteiger partial charge is 0.336 e. The molecule has 1 saturated heterocycles. The van der Waals surface area contributed by atoms with E-state index in [0.29, 0.717) is 30.2 Å². The van der Waals surface area contributed by atoms with Crippen LogP contribution in [0.15, 0.2) is 24.3 Å². The second-order valence-corrected chi connectivity index (χ2v) is 4.67. The molecule has 0 atom stereocenters. The molecule has 0 spiro atoms. The van der Waals surface area contributed by atoms with Gasteiger partial charge in [-0.05, 0) is 24.3 Å². The Hall–Kier alpha value is -1.57. The summed E-state index contributed by atoms with van der Waals surface area (Å²) in [4.78, 5) is 16.0. The average Bonchev–Trinajstić information content (AvgIpc) is 2.40. The summed E-state index contributed by atoms with van der Waals surface area (Å²) in [6.07, 6.45) is 0. The highest BCUT2D eigenvalue weighted by Crippen LogP contribution is 2.12. The summed E-state index contributed by atoms with van der Waals surface area (Å²) in [5.74, 6) is 0.0308. The summed E-state index contributed by atoms with van der Waals surface area (Å²) < 4.78 is 0. The van der Waals surface area contributed by atoms with E-state index in [1.807, 2.05) is 9.80 Å². The van der Waals surface area contributed by atoms with E-state index in [4.69, 9.17) is 16.9 Å². The van der Waals surface area contributed by atoms with E-state index >= 15 is 0 Å². The molecule has 1 aromatic rings. The van der Waals surface area contributed by atoms with Gasteiger partial charge >= 0.3 is 0 Å². The maximum atomic E-state index is 12.2. The third-order valence-electron chi connectivity index (χ3n) is 3.04. The molecule has 0 saturated carbocycles. The molecular weight excluding hydrogens is 250 g/mol. The quantitative estimate of drug-likeness (QED) is 0.762. The number of halogens is 1. The number of carbonyl (C=O) groups is 1. The van der Waals surface area contributed by atoms with E-state index in [1.165, 1.54) is 0 Å². The maximum absolute atomic E-state index is 12.2. The molecule has 1 heterocycles. The minimum Gasteiger partial charge on any atom is -0.336 e. The fraction of sp³-hybridized carbons (Fsp3) is 0.385. The smallest absolute Gasteiger partial charge is 0.253 e. The lowest BCUT2D eigenvalue weighted by atomic mass is 10.2. The molecule has 1 amide bonds. The molecule has 4 nitrogen and oxygen atoms in total. The molecule has 2 rings (SSSR count). The monoisotopic (exact) mass is 263 g/mol. The number of piperazine rings is 1. The zero-order valence-corrected chi connectivity index (χ0v) is 10.7. The van der Waals surface area contributed by atoms with Crippen molar-refractivity contribution in [3.8, 4) is 6.07 Å². The minimum atomic E-state index is 0.0308. The normalized spacial score (nSPS) is 16.3. The first kappa shape index (κ1) is 12.9. The lowest BCUT2D eigenvalue weighted by Crippen LogP contribution is -2.48. The Balaban J connectivity index is 1.95. The third-order valence-corrected chi connectivity index (χ3v) is 3.30. The van der Waals surface area contributed by atoms with E-state index in [0.717, 1.165) is 13.1 Å². The first-order chi connectivity index (χ1) is 8.70. The van der Waals surface area contributed by atoms with Crippen LogP contribution in [-0.2, 0) is 0 Å². The van der Waals surface area contributed by atoms with Crippen molar-refractivity contribution in [2.24, 2.45) is 0 Å². The molecule has 1 aromatic carbocycles. The van der Waals surface area contributed by atoms with Gasteiger partial charge in [0, 0.05) is 36.8 Å². The molecule has 0 aliphatic carbocycles. The Morgan fingerprint density at radius 1 is 1.22 bits per heavy atom. The van der Waals surface area contributed by atoms with Crippen LogP contribution < -0.4 is 0 Å². The van der Waals surface area contributed by atoms with Crippen molar-refractivity contribution in [1.29, 1.82) is 5.26 Å². The SMILES string of the molecule is N#CCN1CCN(C(=O)c2ccc(Cl)cc2)CC1. The zero-order valence-electron chi connectivity index (χ0n) is 9.97. The van der Waals surface area contributed by atoms with Gasteiger partial charge in [-0.15, -0.1) is 0 Å². The highest BCUT2D eigenvalue weighted by molar-refractivity contribution is 6.30. The van der Waals surface area contributed by atoms with E-state index in [-0.39, 0.29) is 5.91 Å². The van der Waals surface area contributed by atoms with Crippen LogP contribution in [0, 0.1) is 11.3 Å². The van der Waals surface area contributed by atoms with Gasteiger partial charge in [-0.25, -0.2) is 0 Å². The van der Waals surface area contributed by atoms with Crippen molar-refractivity contribution < 1.29 is 4.79 Å². The first-order valence-corrected chi connectivity index (χ1v) is 6.22. The van der Waals surface area contributed by atoms with Gasteiger partial charge in [0.15, 0.2) is 0 Å². The number of nitrogens with zero attached hydrogens (tertiary/aromatic N) is 3. The van der Waals surface area contributed by atoms with E-state index < -0.39 is 0 Å². The topological polar surface area (TPSA) is 47.3 Å². The summed E-state index contributed by atoms with van der Waals surface area (Å²) in [7, 11) is 0. The summed E-state index contributed by atoms with van der Waals surface area (Å²) in [5.41, 5.74) is 0.660. The van der Waals surface area contributed by atoms with Crippen molar-refractivity contribution >= 4 is 17.5 Å². The first-order valence-electron chi connectivity index (χ1n) is 5.85. The number of benzene rings is 1. The predicted octanol–water partition coefficient (Wildman–Crippen LogP) is 1.62. The van der Waals surface area contributed by atoms with Crippen molar-refractivity contribution in [3.05, 3.63) is 34.9 Å². The molecule has 0 N–H and O–H groups in total. The molecule has 1 fully saturated rings. The van der Waals surface area contributed by atoms with Crippen LogP contribution in [0.3, 0.4) is 0 Å². The molecule has 0 aromatic heterocycles. The second-order valence-electron chi connectivity index (χ2n) is 4.23. The van der Waals surface area contributed by atoms with Crippen LogP contribution in [0.25, 0.3) is 0 Å². The van der Waals surface area contributed by atoms with Gasteiger partial charge in [-0.3, -0.25) is 9.69 Å². The Morgan fingerprint density at radius 2 is 1.83 bits per heavy atom. The predicted molar refractivity (Wildman–Crippen MR) is 69.4 cm³/mol. The van der Waals surface area contributed by atoms with Crippen LogP contribution >= 0.6 is 11.6 Å². The maximum Gasteiger partial charge on any atom is 0.253 e. The van der Waals surface area contributed by atoms with Crippen LogP contribution in [0.1, 0.15) is 10.4 Å². The Morgan fingerprint density at radius 3 is 2.39 bits per heavy atom. The van der Waals surface area contributed by atoms with E-state index in [1.54, 1.807) is 24.3 Å². The highest BCUT2D eigenvalue weighted by atomic mass is 35.5. The van der Waals surface area contributed by atoms with Gasteiger partial charge in [0.25, 0.3) is 5.91 Å². The standard InChI is InChI=1S/C13H14ClN3O/c14-12-3-1-11(2-4-12)13(18)17-9-7-16(6-5-15)8-10-17/h1-4H,6-10H2. The van der Waals surface area contributed by atoms with Gasteiger partial charge in [0.1, 0.15) is 0 Å². The van der Waals surface area contributed by atoms with Crippen molar-refractivity contribution in [3.63, 3.8) is 0 Å². The lowest BCUT2D eigenvalue weighted by molar-refractivity contribution is 0.0652. The third kappa shape index (κ3) is 3.00. The molecule has 0 radical (unpaired) electrons. The van der Waals surface area contributed by atoms with Gasteiger partial charge < -0.3 is 4.90 Å². The van der Waals surface area contributed by atoms with Crippen molar-refractivity contribution in [1.82, 2.24) is 9.80 Å². The summed E-state index contributed by atoms with van der Waals surface area (Å²) in [6.45, 7) is 3.29. The van der Waals surface area contributed by atoms with Gasteiger partial charge in [-0.2, -0.15) is 5.26 Å². The molecule has 1 aliphatic rings. The van der Waals surface area contributed by atoms with Crippen molar-refractivity contribution in [2.75, 3.05) is 32.7 Å². The average molecular weight is 264 g/mol. The van der Waals surface area contributed by atoms with E-state index in [9.17, 15) is 4.79 Å². The summed E-state index contributed by atoms with van der Waals surface area (Å²) in [6, 6.07) is 9.06. The Bertz CT molecular complexity index is 458. The van der Waals surface area contributed by atoms with Gasteiger partial charge in [-0.1, -0.05) is 11.6 Å². The molecule has 1 aliphatic heterocycles. The van der Waals surface area contributed by atoms with Gasteiger partial charge in [0.05, 0.1) is 12.6 Å². The minimum absolute atomic E-state index is 0.0308. The van der Waals surface area contributed by atoms with Gasteiger partial charge in [0.2, 0.25) is 0 Å². The highest BCUT2D eigenvalue weighted by Gasteiger charge is 2.21. The molecule has 0 unspecified atom stereocenters. The van der Waals surface area contributed by atoms with Crippen LogP contribution in [0.4, 0.5) is 0 Å². The summed E-state index contributed by atoms with van der Waals surface area (Å²) >= 11 is 5.79. The lowest BCUT2D eigenvalue weighted by Gasteiger charge is -2.33. The fourth-order valence-corrected chi connectivity index (χ4v) is 2.11. The fourth-order valence-electron chi connectivity index (χ4n) is 1.98. The second kappa shape index (κ2) is 5.85. The number of rotatable bonds is 2. The number of amides is 1. The Labute approximate surface area is 111 Å². The number of carbonyl (C=O) groups excluding carboxylic acids is 1. The molecule has 5 heteroatoms. The van der Waals surface area contributed by atoms with Crippen molar-refractivity contribution in [2.45, 2.75) is 0 Å². The molecular formula is C13H14ClN3O. The Kier molecular flexibility index (Phi) is 4.19. The summed E-state index contributed by atoms with van der Waals surface area (Å²) in [5, 5.41) is 9.24. The van der Waals surface area contributed by atoms with E-state index in [2.05, 4.69) is 6.07 Å². The zero-order chi connectivity index (χ0) is 13.0. The molecule has 94 valence electrons.